The number of benzene rings is 2. The molecule has 0 bridgehead atoms. The Hall–Kier alpha value is -3.53. The van der Waals surface area contributed by atoms with Crippen molar-refractivity contribution >= 4 is 38.4 Å². The molecular formula is C22H21N3O6S. The molecule has 32 heavy (non-hydrogen) atoms. The summed E-state index contributed by atoms with van der Waals surface area (Å²) in [5.74, 6) is -0.435. The van der Waals surface area contributed by atoms with Gasteiger partial charge in [-0.1, -0.05) is 0 Å². The lowest BCUT2D eigenvalue weighted by atomic mass is 10.1. The topological polar surface area (TPSA) is 124 Å². The van der Waals surface area contributed by atoms with Gasteiger partial charge in [0.25, 0.3) is 5.56 Å². The number of nitrogens with zero attached hydrogens (tertiary/aromatic N) is 2. The average molecular weight is 455 g/mol. The number of rotatable bonds is 6. The molecule has 9 nitrogen and oxygen atoms in total. The van der Waals surface area contributed by atoms with Crippen molar-refractivity contribution in [1.82, 2.24) is 9.55 Å². The predicted molar refractivity (Wildman–Crippen MR) is 118 cm³/mol. The highest BCUT2D eigenvalue weighted by Gasteiger charge is 2.22. The lowest BCUT2D eigenvalue weighted by Crippen LogP contribution is -2.25. The molecule has 4 rings (SSSR count). The van der Waals surface area contributed by atoms with Crippen LogP contribution in [0, 0.1) is 0 Å². The summed E-state index contributed by atoms with van der Waals surface area (Å²) in [4.78, 5) is 42.3. The van der Waals surface area contributed by atoms with Crippen LogP contribution in [0.5, 0.6) is 0 Å². The van der Waals surface area contributed by atoms with Crippen LogP contribution in [0.3, 0.4) is 0 Å². The van der Waals surface area contributed by atoms with Crippen molar-refractivity contribution in [2.75, 3.05) is 11.0 Å². The summed E-state index contributed by atoms with van der Waals surface area (Å²) in [5, 5.41) is 0.430. The minimum atomic E-state index is -3.43. The van der Waals surface area contributed by atoms with E-state index in [2.05, 4.69) is 9.71 Å². The van der Waals surface area contributed by atoms with E-state index in [4.69, 9.17) is 4.74 Å². The molecule has 2 aromatic carbocycles. The molecule has 0 spiro atoms. The molecule has 1 unspecified atom stereocenters. The number of ether oxygens (including phenoxy) is 1. The molecule has 10 heteroatoms. The Kier molecular flexibility index (Phi) is 5.55. The van der Waals surface area contributed by atoms with Crippen molar-refractivity contribution in [1.29, 1.82) is 0 Å². The molecule has 3 aromatic rings. The molecule has 1 aliphatic heterocycles. The smallest absolute Gasteiger partial charge is 0.338 e. The fourth-order valence-electron chi connectivity index (χ4n) is 3.64. The van der Waals surface area contributed by atoms with Crippen molar-refractivity contribution in [2.24, 2.45) is 0 Å². The van der Waals surface area contributed by atoms with Crippen LogP contribution in [0.25, 0.3) is 10.9 Å². The molecule has 0 aliphatic carbocycles. The maximum atomic E-state index is 12.6. The number of carbonyl (C=O) groups excluding carboxylic acids is 2. The zero-order valence-electron chi connectivity index (χ0n) is 17.5. The molecule has 1 aromatic heterocycles. The lowest BCUT2D eigenvalue weighted by Gasteiger charge is -2.13. The van der Waals surface area contributed by atoms with E-state index in [9.17, 15) is 22.8 Å². The summed E-state index contributed by atoms with van der Waals surface area (Å²) in [6, 6.07) is 10.3. The molecule has 0 fully saturated rings. The number of aromatic nitrogens is 2. The maximum Gasteiger partial charge on any atom is 0.338 e. The number of hydrogen-bond acceptors (Lipinski definition) is 7. The van der Waals surface area contributed by atoms with Gasteiger partial charge in [-0.25, -0.2) is 18.2 Å². The average Bonchev–Trinajstić information content (AvgIpc) is 3.21. The van der Waals surface area contributed by atoms with Gasteiger partial charge < -0.3 is 4.74 Å². The molecule has 0 saturated heterocycles. The Morgan fingerprint density at radius 1 is 1.12 bits per heavy atom. The fraction of sp³-hybridized carbons (Fsp3) is 0.273. The van der Waals surface area contributed by atoms with Crippen LogP contribution >= 0.6 is 0 Å². The third kappa shape index (κ3) is 4.40. The molecule has 1 aliphatic rings. The molecule has 0 saturated carbocycles. The second-order valence-corrected chi connectivity index (χ2v) is 9.43. The number of Topliss-reactive ketones (excluding diaryl/α,β-unsaturated/α-hetero) is 1. The van der Waals surface area contributed by atoms with Crippen molar-refractivity contribution in [3.05, 3.63) is 69.8 Å². The Balaban J connectivity index is 1.49. The largest absolute Gasteiger partial charge is 0.451 e. The van der Waals surface area contributed by atoms with Crippen LogP contribution in [0.1, 0.15) is 39.9 Å². The molecule has 166 valence electrons. The van der Waals surface area contributed by atoms with Gasteiger partial charge in [0.1, 0.15) is 5.82 Å². The monoisotopic (exact) mass is 455 g/mol. The van der Waals surface area contributed by atoms with E-state index < -0.39 is 27.9 Å². The van der Waals surface area contributed by atoms with Crippen molar-refractivity contribution < 1.29 is 22.7 Å². The predicted octanol–water partition coefficient (Wildman–Crippen LogP) is 2.14. The van der Waals surface area contributed by atoms with Gasteiger partial charge in [0, 0.05) is 24.2 Å². The van der Waals surface area contributed by atoms with Crippen LogP contribution in [0.2, 0.25) is 0 Å². The van der Waals surface area contributed by atoms with E-state index in [1.54, 1.807) is 10.6 Å². The van der Waals surface area contributed by atoms with Gasteiger partial charge in [-0.2, -0.15) is 0 Å². The van der Waals surface area contributed by atoms with E-state index >= 15 is 0 Å². The number of aryl methyl sites for hydroxylation is 1. The highest BCUT2D eigenvalue weighted by molar-refractivity contribution is 7.92. The van der Waals surface area contributed by atoms with Crippen molar-refractivity contribution in [3.63, 3.8) is 0 Å². The van der Waals surface area contributed by atoms with Crippen LogP contribution in [0.15, 0.2) is 47.3 Å². The maximum absolute atomic E-state index is 12.6. The van der Waals surface area contributed by atoms with Gasteiger partial charge in [0.05, 0.1) is 22.7 Å². The summed E-state index contributed by atoms with van der Waals surface area (Å²) >= 11 is 0. The number of sulfonamides is 1. The summed E-state index contributed by atoms with van der Waals surface area (Å²) in [6.07, 6.45) is 1.54. The van der Waals surface area contributed by atoms with Gasteiger partial charge in [-0.3, -0.25) is 18.9 Å². The first-order valence-electron chi connectivity index (χ1n) is 9.99. The zero-order chi connectivity index (χ0) is 23.0. The third-order valence-electron chi connectivity index (χ3n) is 5.18. The van der Waals surface area contributed by atoms with Crippen LogP contribution in [-0.4, -0.2) is 42.1 Å². The highest BCUT2D eigenvalue weighted by Crippen LogP contribution is 2.18. The highest BCUT2D eigenvalue weighted by atomic mass is 32.2. The van der Waals surface area contributed by atoms with Gasteiger partial charge in [-0.15, -0.1) is 0 Å². The minimum absolute atomic E-state index is 0.125. The number of esters is 1. The number of ketones is 1. The Labute approximate surface area is 184 Å². The summed E-state index contributed by atoms with van der Waals surface area (Å²) < 4.78 is 31.8. The molecular weight excluding hydrogens is 434 g/mol. The quantitative estimate of drug-likeness (QED) is 0.446. The van der Waals surface area contributed by atoms with Gasteiger partial charge in [0.2, 0.25) is 15.8 Å². The third-order valence-corrected chi connectivity index (χ3v) is 5.78. The van der Waals surface area contributed by atoms with Crippen molar-refractivity contribution in [2.45, 2.75) is 32.4 Å². The normalized spacial score (nSPS) is 14.1. The summed E-state index contributed by atoms with van der Waals surface area (Å²) in [5.41, 5.74) is 1.08. The number of carbonyl (C=O) groups is 2. The number of anilines is 1. The standard InChI is InChI=1S/C22H21N3O6S/c1-13(20(26)14-5-8-16(9-6-14)24-32(2,29)30)31-22(28)15-7-10-17-18(12-15)23-19-4-3-11-25(19)21(17)27/h5-10,12-13,24H,3-4,11H2,1-2H3. The van der Waals surface area contributed by atoms with Crippen LogP contribution < -0.4 is 10.3 Å². The first-order valence-corrected chi connectivity index (χ1v) is 11.9. The zero-order valence-corrected chi connectivity index (χ0v) is 18.3. The lowest BCUT2D eigenvalue weighted by molar-refractivity contribution is 0.0319. The molecule has 1 atom stereocenters. The molecule has 0 radical (unpaired) electrons. The van der Waals surface area contributed by atoms with E-state index in [-0.39, 0.29) is 16.7 Å². The van der Waals surface area contributed by atoms with Gasteiger partial charge in [-0.05, 0) is 55.8 Å². The fourth-order valence-corrected chi connectivity index (χ4v) is 4.21. The number of hydrogen-bond donors (Lipinski definition) is 1. The van der Waals surface area contributed by atoms with E-state index in [1.807, 2.05) is 0 Å². The first-order chi connectivity index (χ1) is 15.1. The summed E-state index contributed by atoms with van der Waals surface area (Å²) in [6.45, 7) is 2.10. The Morgan fingerprint density at radius 3 is 2.50 bits per heavy atom. The molecule has 2 heterocycles. The van der Waals surface area contributed by atoms with Gasteiger partial charge >= 0.3 is 5.97 Å². The molecule has 1 N–H and O–H groups in total. The van der Waals surface area contributed by atoms with E-state index in [0.29, 0.717) is 35.4 Å². The van der Waals surface area contributed by atoms with Gasteiger partial charge in [0.15, 0.2) is 6.10 Å². The number of fused-ring (bicyclic) bond motifs is 2. The SMILES string of the molecule is CC(OC(=O)c1ccc2c(=O)n3c(nc2c1)CCC3)C(=O)c1ccc(NS(C)(=O)=O)cc1. The Morgan fingerprint density at radius 2 is 1.81 bits per heavy atom. The van der Waals surface area contributed by atoms with E-state index in [0.717, 1.165) is 12.7 Å². The van der Waals surface area contributed by atoms with Crippen molar-refractivity contribution in [3.8, 4) is 0 Å². The number of nitrogens with one attached hydrogen (secondary N) is 1. The summed E-state index contributed by atoms with van der Waals surface area (Å²) in [7, 11) is -3.43. The van der Waals surface area contributed by atoms with Crippen LogP contribution in [0.4, 0.5) is 5.69 Å². The molecule has 0 amide bonds. The van der Waals surface area contributed by atoms with Crippen LogP contribution in [-0.2, 0) is 27.7 Å². The second-order valence-electron chi connectivity index (χ2n) is 7.68. The minimum Gasteiger partial charge on any atom is -0.451 e. The first kappa shape index (κ1) is 21.7. The Bertz CT molecular complexity index is 1390. The van der Waals surface area contributed by atoms with E-state index in [1.165, 1.54) is 43.3 Å². The second kappa shape index (κ2) is 8.19.